The summed E-state index contributed by atoms with van der Waals surface area (Å²) in [5.41, 5.74) is 1.76. The van der Waals surface area contributed by atoms with Crippen molar-refractivity contribution in [3.63, 3.8) is 0 Å². The van der Waals surface area contributed by atoms with Crippen molar-refractivity contribution in [2.75, 3.05) is 7.11 Å². The summed E-state index contributed by atoms with van der Waals surface area (Å²) in [7, 11) is 1.34. The Labute approximate surface area is 152 Å². The van der Waals surface area contributed by atoms with E-state index in [0.29, 0.717) is 24.8 Å². The van der Waals surface area contributed by atoms with E-state index in [9.17, 15) is 15.0 Å². The van der Waals surface area contributed by atoms with Gasteiger partial charge < -0.3 is 14.9 Å². The summed E-state index contributed by atoms with van der Waals surface area (Å²) in [5.74, 6) is -0.657. The van der Waals surface area contributed by atoms with Gasteiger partial charge in [0.1, 0.15) is 0 Å². The van der Waals surface area contributed by atoms with Crippen molar-refractivity contribution in [2.45, 2.75) is 77.4 Å². The Bertz CT molecular complexity index is 528. The van der Waals surface area contributed by atoms with Gasteiger partial charge in [0.2, 0.25) is 0 Å². The summed E-state index contributed by atoms with van der Waals surface area (Å²) in [5, 5.41) is 21.2. The molecule has 0 aromatic heterocycles. The molecule has 2 N–H and O–H groups in total. The Kier molecular flexibility index (Phi) is 8.60. The Hall–Kier alpha value is -1.39. The van der Waals surface area contributed by atoms with Gasteiger partial charge in [-0.2, -0.15) is 0 Å². The van der Waals surface area contributed by atoms with E-state index < -0.39 is 17.7 Å². The smallest absolute Gasteiger partial charge is 0.333 e. The van der Waals surface area contributed by atoms with Crippen LogP contribution in [0.2, 0.25) is 0 Å². The molecule has 1 aliphatic rings. The van der Waals surface area contributed by atoms with Gasteiger partial charge in [0.05, 0.1) is 18.8 Å². The lowest BCUT2D eigenvalue weighted by Crippen LogP contribution is -2.41. The molecule has 0 spiro atoms. The minimum atomic E-state index is -1.19. The zero-order chi connectivity index (χ0) is 19.0. The molecule has 0 aliphatic heterocycles. The molecule has 1 aliphatic carbocycles. The van der Waals surface area contributed by atoms with Crippen LogP contribution < -0.4 is 0 Å². The predicted molar refractivity (Wildman–Crippen MR) is 101 cm³/mol. The second-order valence-corrected chi connectivity index (χ2v) is 7.54. The van der Waals surface area contributed by atoms with E-state index in [1.54, 1.807) is 6.92 Å². The standard InChI is InChI=1S/C21H34O4/c1-15-8-6-9-16(2)11-12-18(17(3)20(23)25-5)14-19(22)21(4,24)13-7-10-15/h9-10,18-19,22,24H,3,6-8,11-14H2,1-2,4-5H3/t18-,19+,21-/m0/s1. The molecule has 0 bridgehead atoms. The van der Waals surface area contributed by atoms with Crippen molar-refractivity contribution in [1.82, 2.24) is 0 Å². The molecular formula is C21H34O4. The molecule has 0 unspecified atom stereocenters. The second-order valence-electron chi connectivity index (χ2n) is 7.54. The average Bonchev–Trinajstić information content (AvgIpc) is 2.55. The summed E-state index contributed by atoms with van der Waals surface area (Å²) in [6, 6.07) is 0. The first-order valence-corrected chi connectivity index (χ1v) is 9.16. The number of aliphatic hydroxyl groups is 2. The van der Waals surface area contributed by atoms with E-state index in [4.69, 9.17) is 4.74 Å². The Morgan fingerprint density at radius 1 is 1.24 bits per heavy atom. The largest absolute Gasteiger partial charge is 0.466 e. The third kappa shape index (κ3) is 7.17. The van der Waals surface area contributed by atoms with Gasteiger partial charge in [-0.25, -0.2) is 4.79 Å². The van der Waals surface area contributed by atoms with Crippen molar-refractivity contribution in [3.05, 3.63) is 35.5 Å². The summed E-state index contributed by atoms with van der Waals surface area (Å²) in [6.07, 6.45) is 8.51. The molecule has 0 heterocycles. The molecule has 142 valence electrons. The van der Waals surface area contributed by atoms with Crippen LogP contribution in [0.1, 0.15) is 65.7 Å². The summed E-state index contributed by atoms with van der Waals surface area (Å²) >= 11 is 0. The molecule has 0 amide bonds. The minimum Gasteiger partial charge on any atom is -0.466 e. The fraction of sp³-hybridized carbons (Fsp3) is 0.667. The molecule has 0 saturated heterocycles. The quantitative estimate of drug-likeness (QED) is 0.447. The lowest BCUT2D eigenvalue weighted by atomic mass is 9.81. The SMILES string of the molecule is C=C(C(=O)OC)[C@H]1CCC(C)=CCCC(C)=CCC[C@](C)(O)[C@H](O)C1. The van der Waals surface area contributed by atoms with E-state index in [2.05, 4.69) is 32.6 Å². The molecule has 4 nitrogen and oxygen atoms in total. The number of carbonyl (C=O) groups is 1. The highest BCUT2D eigenvalue weighted by atomic mass is 16.5. The number of carbonyl (C=O) groups excluding carboxylic acids is 1. The van der Waals surface area contributed by atoms with Crippen LogP contribution in [0.4, 0.5) is 0 Å². The summed E-state index contributed by atoms with van der Waals surface area (Å²) in [4.78, 5) is 11.9. The van der Waals surface area contributed by atoms with E-state index in [1.807, 2.05) is 0 Å². The summed E-state index contributed by atoms with van der Waals surface area (Å²) in [6.45, 7) is 9.73. The van der Waals surface area contributed by atoms with Gasteiger partial charge in [-0.1, -0.05) is 29.9 Å². The van der Waals surface area contributed by atoms with Crippen molar-refractivity contribution in [3.8, 4) is 0 Å². The number of ether oxygens (including phenoxy) is 1. The normalized spacial score (nSPS) is 29.8. The maximum Gasteiger partial charge on any atom is 0.333 e. The molecule has 0 aromatic rings. The third-order valence-corrected chi connectivity index (χ3v) is 5.23. The van der Waals surface area contributed by atoms with Gasteiger partial charge in [-0.05, 0) is 71.6 Å². The molecule has 0 fully saturated rings. The van der Waals surface area contributed by atoms with Gasteiger partial charge in [0, 0.05) is 5.57 Å². The number of aliphatic hydroxyl groups excluding tert-OH is 1. The van der Waals surface area contributed by atoms with E-state index in [-0.39, 0.29) is 5.92 Å². The molecule has 3 atom stereocenters. The lowest BCUT2D eigenvalue weighted by molar-refractivity contribution is -0.137. The number of rotatable bonds is 2. The second kappa shape index (κ2) is 9.93. The molecule has 1 rings (SSSR count). The van der Waals surface area contributed by atoms with Crippen LogP contribution in [0.15, 0.2) is 35.5 Å². The van der Waals surface area contributed by atoms with E-state index >= 15 is 0 Å². The molecular weight excluding hydrogens is 316 g/mol. The summed E-state index contributed by atoms with van der Waals surface area (Å²) < 4.78 is 4.80. The van der Waals surface area contributed by atoms with Crippen LogP contribution in [0.3, 0.4) is 0 Å². The average molecular weight is 350 g/mol. The molecule has 0 aromatic carbocycles. The van der Waals surface area contributed by atoms with Crippen molar-refractivity contribution in [1.29, 1.82) is 0 Å². The Morgan fingerprint density at radius 3 is 2.48 bits per heavy atom. The number of hydrogen-bond acceptors (Lipinski definition) is 4. The van der Waals surface area contributed by atoms with Crippen LogP contribution in [0.25, 0.3) is 0 Å². The van der Waals surface area contributed by atoms with Crippen molar-refractivity contribution < 1.29 is 19.7 Å². The molecule has 25 heavy (non-hydrogen) atoms. The minimum absolute atomic E-state index is 0.211. The van der Waals surface area contributed by atoms with Gasteiger partial charge >= 0.3 is 5.97 Å². The first kappa shape index (κ1) is 21.7. The van der Waals surface area contributed by atoms with Crippen LogP contribution in [-0.4, -0.2) is 35.0 Å². The fourth-order valence-corrected chi connectivity index (χ4v) is 3.19. The third-order valence-electron chi connectivity index (χ3n) is 5.23. The van der Waals surface area contributed by atoms with Gasteiger partial charge in [0.15, 0.2) is 0 Å². The number of esters is 1. The van der Waals surface area contributed by atoms with Gasteiger partial charge in [-0.15, -0.1) is 0 Å². The Balaban J connectivity index is 3.00. The van der Waals surface area contributed by atoms with Crippen LogP contribution in [0, 0.1) is 5.92 Å². The molecule has 0 saturated carbocycles. The van der Waals surface area contributed by atoms with Crippen molar-refractivity contribution in [2.24, 2.45) is 5.92 Å². The van der Waals surface area contributed by atoms with Crippen LogP contribution in [0.5, 0.6) is 0 Å². The maximum absolute atomic E-state index is 11.9. The number of hydrogen-bond donors (Lipinski definition) is 2. The van der Waals surface area contributed by atoms with E-state index in [1.165, 1.54) is 18.3 Å². The highest BCUT2D eigenvalue weighted by Crippen LogP contribution is 2.30. The topological polar surface area (TPSA) is 66.8 Å². The molecule has 4 heteroatoms. The first-order chi connectivity index (χ1) is 11.7. The number of methoxy groups -OCH3 is 1. The maximum atomic E-state index is 11.9. The van der Waals surface area contributed by atoms with Crippen LogP contribution in [-0.2, 0) is 9.53 Å². The number of allylic oxidation sites excluding steroid dienone is 4. The molecule has 0 radical (unpaired) electrons. The van der Waals surface area contributed by atoms with Gasteiger partial charge in [0.25, 0.3) is 0 Å². The Morgan fingerprint density at radius 2 is 1.84 bits per heavy atom. The highest BCUT2D eigenvalue weighted by molar-refractivity contribution is 5.88. The predicted octanol–water partition coefficient (Wildman–Crippen LogP) is 4.08. The first-order valence-electron chi connectivity index (χ1n) is 9.16. The van der Waals surface area contributed by atoms with Crippen LogP contribution >= 0.6 is 0 Å². The lowest BCUT2D eigenvalue weighted by Gasteiger charge is -2.32. The zero-order valence-electron chi connectivity index (χ0n) is 16.2. The van der Waals surface area contributed by atoms with E-state index in [0.717, 1.165) is 25.7 Å². The monoisotopic (exact) mass is 350 g/mol. The highest BCUT2D eigenvalue weighted by Gasteiger charge is 2.33. The zero-order valence-corrected chi connectivity index (χ0v) is 16.2. The van der Waals surface area contributed by atoms with Gasteiger partial charge in [-0.3, -0.25) is 0 Å². The van der Waals surface area contributed by atoms with Crippen molar-refractivity contribution >= 4 is 5.97 Å². The fourth-order valence-electron chi connectivity index (χ4n) is 3.19.